The van der Waals surface area contributed by atoms with E-state index in [9.17, 15) is 4.79 Å². The molecule has 0 spiro atoms. The number of piperidine rings is 1. The summed E-state index contributed by atoms with van der Waals surface area (Å²) in [6, 6.07) is 8.79. The topological polar surface area (TPSA) is 45.2 Å². The Kier molecular flexibility index (Phi) is 5.05. The molecule has 1 fully saturated rings. The lowest BCUT2D eigenvalue weighted by Gasteiger charge is -2.31. The maximum atomic E-state index is 12.2. The Morgan fingerprint density at radius 1 is 1.36 bits per heavy atom. The molecular weight excluding hydrogens is 294 g/mol. The highest BCUT2D eigenvalue weighted by Crippen LogP contribution is 2.23. The zero-order valence-electron chi connectivity index (χ0n) is 13.0. The fourth-order valence-electron chi connectivity index (χ4n) is 2.99. The van der Waals surface area contributed by atoms with Gasteiger partial charge in [0.15, 0.2) is 0 Å². The Balaban J connectivity index is 1.45. The Morgan fingerprint density at radius 2 is 2.14 bits per heavy atom. The second kappa shape index (κ2) is 7.20. The first-order valence-corrected chi connectivity index (χ1v) is 8.87. The number of aromatic nitrogens is 1. The lowest BCUT2D eigenvalue weighted by molar-refractivity contribution is -0.132. The molecule has 2 heterocycles. The summed E-state index contributed by atoms with van der Waals surface area (Å²) in [4.78, 5) is 18.9. The summed E-state index contributed by atoms with van der Waals surface area (Å²) in [6.45, 7) is 1.79. The Bertz CT molecular complexity index is 599. The monoisotopic (exact) mass is 317 g/mol. The first-order chi connectivity index (χ1) is 10.8. The van der Waals surface area contributed by atoms with Crippen molar-refractivity contribution in [2.45, 2.75) is 38.1 Å². The van der Waals surface area contributed by atoms with Crippen LogP contribution in [0.1, 0.15) is 30.7 Å². The predicted octanol–water partition coefficient (Wildman–Crippen LogP) is 2.83. The fraction of sp³-hybridized carbons (Fsp3) is 0.529. The zero-order valence-corrected chi connectivity index (χ0v) is 13.9. The minimum absolute atomic E-state index is 0.302. The summed E-state index contributed by atoms with van der Waals surface area (Å²) in [5.74, 6) is 0.302. The van der Waals surface area contributed by atoms with Crippen molar-refractivity contribution in [3.05, 3.63) is 29.3 Å². The Hall–Kier alpha value is -1.46. The molecule has 1 amide bonds. The number of benzene rings is 1. The third-order valence-electron chi connectivity index (χ3n) is 4.38. The number of aryl methyl sites for hydroxylation is 1. The molecule has 1 saturated heterocycles. The average Bonchev–Trinajstić information content (AvgIpc) is 2.97. The third kappa shape index (κ3) is 3.65. The highest BCUT2D eigenvalue weighted by atomic mass is 32.1. The lowest BCUT2D eigenvalue weighted by Crippen LogP contribution is -2.43. The van der Waals surface area contributed by atoms with Crippen molar-refractivity contribution in [1.29, 1.82) is 0 Å². The van der Waals surface area contributed by atoms with Gasteiger partial charge in [0, 0.05) is 25.6 Å². The molecule has 0 bridgehead atoms. The van der Waals surface area contributed by atoms with Crippen LogP contribution in [-0.4, -0.2) is 42.0 Å². The van der Waals surface area contributed by atoms with Crippen LogP contribution in [0.3, 0.4) is 0 Å². The minimum atomic E-state index is 0.302. The summed E-state index contributed by atoms with van der Waals surface area (Å²) < 4.78 is 1.23. The van der Waals surface area contributed by atoms with Crippen molar-refractivity contribution in [2.75, 3.05) is 20.1 Å². The molecule has 0 saturated carbocycles. The van der Waals surface area contributed by atoms with E-state index >= 15 is 0 Å². The number of para-hydroxylation sites is 1. The highest BCUT2D eigenvalue weighted by Gasteiger charge is 2.21. The number of nitrogens with one attached hydrogen (secondary N) is 1. The predicted molar refractivity (Wildman–Crippen MR) is 91.2 cm³/mol. The second-order valence-corrected chi connectivity index (χ2v) is 6.99. The van der Waals surface area contributed by atoms with E-state index in [0.717, 1.165) is 49.3 Å². The van der Waals surface area contributed by atoms with E-state index < -0.39 is 0 Å². The molecule has 1 aliphatic heterocycles. The Morgan fingerprint density at radius 3 is 2.86 bits per heavy atom. The molecule has 0 atom stereocenters. The number of fused-ring (bicyclic) bond motifs is 1. The number of thiazole rings is 1. The van der Waals surface area contributed by atoms with Crippen LogP contribution in [0.2, 0.25) is 0 Å². The summed E-state index contributed by atoms with van der Waals surface area (Å²) in [7, 11) is 2.00. The van der Waals surface area contributed by atoms with Crippen LogP contribution in [-0.2, 0) is 11.2 Å². The van der Waals surface area contributed by atoms with Gasteiger partial charge in [0.1, 0.15) is 0 Å². The maximum absolute atomic E-state index is 12.2. The number of carbonyl (C=O) groups excluding carboxylic acids is 1. The van der Waals surface area contributed by atoms with Gasteiger partial charge in [0.25, 0.3) is 0 Å². The van der Waals surface area contributed by atoms with E-state index in [4.69, 9.17) is 0 Å². The molecule has 1 aromatic carbocycles. The van der Waals surface area contributed by atoms with Gasteiger partial charge in [-0.1, -0.05) is 12.1 Å². The molecule has 1 aromatic heterocycles. The largest absolute Gasteiger partial charge is 0.343 e. The normalized spacial score (nSPS) is 16.3. The SMILES string of the molecule is CNC1CCN(C(=O)CCCc2nc3ccccc3s2)CC1. The van der Waals surface area contributed by atoms with Crippen LogP contribution in [0.4, 0.5) is 0 Å². The lowest BCUT2D eigenvalue weighted by atomic mass is 10.0. The second-order valence-electron chi connectivity index (χ2n) is 5.87. The quantitative estimate of drug-likeness (QED) is 0.922. The molecule has 0 aliphatic carbocycles. The minimum Gasteiger partial charge on any atom is -0.343 e. The molecule has 0 unspecified atom stereocenters. The first-order valence-electron chi connectivity index (χ1n) is 8.06. The van der Waals surface area contributed by atoms with Gasteiger partial charge in [-0.05, 0) is 44.9 Å². The van der Waals surface area contributed by atoms with Gasteiger partial charge < -0.3 is 10.2 Å². The summed E-state index contributed by atoms with van der Waals surface area (Å²) >= 11 is 1.74. The molecule has 22 heavy (non-hydrogen) atoms. The Labute approximate surface area is 135 Å². The summed E-state index contributed by atoms with van der Waals surface area (Å²) in [5.41, 5.74) is 1.07. The van der Waals surface area contributed by atoms with Crippen molar-refractivity contribution < 1.29 is 4.79 Å². The van der Waals surface area contributed by atoms with Crippen LogP contribution in [0.15, 0.2) is 24.3 Å². The molecule has 5 heteroatoms. The smallest absolute Gasteiger partial charge is 0.222 e. The van der Waals surface area contributed by atoms with Gasteiger partial charge in [-0.15, -0.1) is 11.3 Å². The van der Waals surface area contributed by atoms with E-state index in [-0.39, 0.29) is 0 Å². The molecule has 3 rings (SSSR count). The van der Waals surface area contributed by atoms with E-state index in [2.05, 4.69) is 16.4 Å². The number of carbonyl (C=O) groups is 1. The number of hydrogen-bond donors (Lipinski definition) is 1. The van der Waals surface area contributed by atoms with Gasteiger partial charge in [-0.3, -0.25) is 4.79 Å². The van der Waals surface area contributed by atoms with Gasteiger partial charge in [-0.2, -0.15) is 0 Å². The van der Waals surface area contributed by atoms with Crippen LogP contribution in [0.25, 0.3) is 10.2 Å². The molecule has 1 N–H and O–H groups in total. The summed E-state index contributed by atoms with van der Waals surface area (Å²) in [5, 5.41) is 4.44. The van der Waals surface area contributed by atoms with Crippen LogP contribution in [0, 0.1) is 0 Å². The molecule has 118 valence electrons. The van der Waals surface area contributed by atoms with E-state index in [1.807, 2.05) is 30.1 Å². The van der Waals surface area contributed by atoms with Crippen molar-refractivity contribution in [2.24, 2.45) is 0 Å². The standard InChI is InChI=1S/C17H23N3OS/c1-18-13-9-11-20(12-10-13)17(21)8-4-7-16-19-14-5-2-3-6-15(14)22-16/h2-3,5-6,13,18H,4,7-12H2,1H3. The first kappa shape index (κ1) is 15.4. The molecule has 1 aliphatic rings. The van der Waals surface area contributed by atoms with Crippen molar-refractivity contribution in [1.82, 2.24) is 15.2 Å². The third-order valence-corrected chi connectivity index (χ3v) is 5.47. The molecule has 2 aromatic rings. The van der Waals surface area contributed by atoms with E-state index in [1.54, 1.807) is 11.3 Å². The van der Waals surface area contributed by atoms with Crippen LogP contribution in [0.5, 0.6) is 0 Å². The van der Waals surface area contributed by atoms with Gasteiger partial charge >= 0.3 is 0 Å². The molecule has 4 nitrogen and oxygen atoms in total. The number of rotatable bonds is 5. The van der Waals surface area contributed by atoms with Gasteiger partial charge in [-0.25, -0.2) is 4.98 Å². The highest BCUT2D eigenvalue weighted by molar-refractivity contribution is 7.18. The van der Waals surface area contributed by atoms with Crippen LogP contribution >= 0.6 is 11.3 Å². The van der Waals surface area contributed by atoms with E-state index in [1.165, 1.54) is 4.70 Å². The van der Waals surface area contributed by atoms with Crippen LogP contribution < -0.4 is 5.32 Å². The number of hydrogen-bond acceptors (Lipinski definition) is 4. The van der Waals surface area contributed by atoms with E-state index in [0.29, 0.717) is 18.4 Å². The fourth-order valence-corrected chi connectivity index (χ4v) is 4.00. The van der Waals surface area contributed by atoms with Gasteiger partial charge in [0.05, 0.1) is 15.2 Å². The zero-order chi connectivity index (χ0) is 15.4. The average molecular weight is 317 g/mol. The van der Waals surface area contributed by atoms with Crippen molar-refractivity contribution >= 4 is 27.5 Å². The van der Waals surface area contributed by atoms with Crippen molar-refractivity contribution in [3.63, 3.8) is 0 Å². The summed E-state index contributed by atoms with van der Waals surface area (Å²) in [6.07, 6.45) is 4.57. The maximum Gasteiger partial charge on any atom is 0.222 e. The number of amides is 1. The number of likely N-dealkylation sites (tertiary alicyclic amines) is 1. The van der Waals surface area contributed by atoms with Crippen molar-refractivity contribution in [3.8, 4) is 0 Å². The molecular formula is C17H23N3OS. The molecule has 0 radical (unpaired) electrons. The number of nitrogens with zero attached hydrogens (tertiary/aromatic N) is 2. The van der Waals surface area contributed by atoms with Gasteiger partial charge in [0.2, 0.25) is 5.91 Å².